The minimum atomic E-state index is -3.77. The number of carbonyl (C=O) groups excluding carboxylic acids is 1. The second-order valence-electron chi connectivity index (χ2n) is 6.92. The quantitative estimate of drug-likeness (QED) is 0.547. The Morgan fingerprint density at radius 1 is 0.903 bits per heavy atom. The van der Waals surface area contributed by atoms with Crippen LogP contribution in [0.15, 0.2) is 77.7 Å². The third kappa shape index (κ3) is 5.99. The molecule has 0 saturated heterocycles. The second-order valence-corrected chi connectivity index (χ2v) is 8.61. The van der Waals surface area contributed by atoms with Gasteiger partial charge in [0, 0.05) is 11.4 Å². The molecular weight excluding hydrogens is 416 g/mol. The van der Waals surface area contributed by atoms with Gasteiger partial charge in [-0.2, -0.15) is 0 Å². The van der Waals surface area contributed by atoms with Crippen LogP contribution in [0.5, 0.6) is 11.5 Å². The van der Waals surface area contributed by atoms with Crippen LogP contribution < -0.4 is 19.5 Å². The highest BCUT2D eigenvalue weighted by Gasteiger charge is 2.17. The maximum absolute atomic E-state index is 12.6. The Kier molecular flexibility index (Phi) is 6.81. The number of methoxy groups -OCH3 is 1. The summed E-state index contributed by atoms with van der Waals surface area (Å²) in [6.45, 7) is 3.59. The molecule has 3 aromatic carbocycles. The second kappa shape index (κ2) is 9.53. The van der Waals surface area contributed by atoms with Gasteiger partial charge >= 0.3 is 0 Å². The molecule has 0 fully saturated rings. The topological polar surface area (TPSA) is 93.7 Å². The SMILES string of the molecule is COc1ccc(NS(=O)(=O)c2ccc(NC(=O)[C@@H](C)Oc3cccc(C)c3)cc2)cc1. The number of hydrogen-bond acceptors (Lipinski definition) is 5. The lowest BCUT2D eigenvalue weighted by atomic mass is 10.2. The number of sulfonamides is 1. The van der Waals surface area contributed by atoms with Crippen LogP contribution in [0, 0.1) is 6.92 Å². The van der Waals surface area contributed by atoms with Gasteiger partial charge in [0.05, 0.1) is 12.0 Å². The zero-order chi connectivity index (χ0) is 22.4. The number of amides is 1. The Bertz CT molecular complexity index is 1140. The van der Waals surface area contributed by atoms with Gasteiger partial charge in [-0.25, -0.2) is 8.42 Å². The molecular formula is C23H24N2O5S. The van der Waals surface area contributed by atoms with Crippen LogP contribution in [0.3, 0.4) is 0 Å². The molecule has 3 rings (SSSR count). The summed E-state index contributed by atoms with van der Waals surface area (Å²) in [5.74, 6) is 0.894. The van der Waals surface area contributed by atoms with E-state index in [1.54, 1.807) is 37.3 Å². The molecule has 0 unspecified atom stereocenters. The van der Waals surface area contributed by atoms with Gasteiger partial charge in [-0.05, 0) is 80.1 Å². The average molecular weight is 441 g/mol. The van der Waals surface area contributed by atoms with Crippen molar-refractivity contribution in [3.05, 3.63) is 78.4 Å². The molecule has 0 aromatic heterocycles. The number of anilines is 2. The summed E-state index contributed by atoms with van der Waals surface area (Å²) in [6.07, 6.45) is -0.720. The third-order valence-corrected chi connectivity index (χ3v) is 5.84. The van der Waals surface area contributed by atoms with Gasteiger partial charge in [0.15, 0.2) is 6.10 Å². The predicted molar refractivity (Wildman–Crippen MR) is 120 cm³/mol. The summed E-state index contributed by atoms with van der Waals surface area (Å²) >= 11 is 0. The largest absolute Gasteiger partial charge is 0.497 e. The monoisotopic (exact) mass is 440 g/mol. The normalized spacial score (nSPS) is 12.0. The molecule has 8 heteroatoms. The number of hydrogen-bond donors (Lipinski definition) is 2. The third-order valence-electron chi connectivity index (χ3n) is 4.45. The van der Waals surface area contributed by atoms with Gasteiger partial charge in [-0.3, -0.25) is 9.52 Å². The van der Waals surface area contributed by atoms with Gasteiger partial charge in [0.1, 0.15) is 11.5 Å². The molecule has 0 spiro atoms. The number of ether oxygens (including phenoxy) is 2. The zero-order valence-corrected chi connectivity index (χ0v) is 18.3. The molecule has 1 atom stereocenters. The lowest BCUT2D eigenvalue weighted by molar-refractivity contribution is -0.122. The molecule has 1 amide bonds. The van der Waals surface area contributed by atoms with Gasteiger partial charge in [-0.15, -0.1) is 0 Å². The summed E-state index contributed by atoms with van der Waals surface area (Å²) < 4.78 is 38.4. The first-order valence-corrected chi connectivity index (χ1v) is 11.1. The Balaban J connectivity index is 1.62. The minimum Gasteiger partial charge on any atom is -0.497 e. The van der Waals surface area contributed by atoms with E-state index < -0.39 is 16.1 Å². The highest BCUT2D eigenvalue weighted by atomic mass is 32.2. The first-order chi connectivity index (χ1) is 14.8. The lowest BCUT2D eigenvalue weighted by Gasteiger charge is -2.15. The van der Waals surface area contributed by atoms with Crippen molar-refractivity contribution in [2.45, 2.75) is 24.8 Å². The molecule has 0 saturated carbocycles. The molecule has 7 nitrogen and oxygen atoms in total. The van der Waals surface area contributed by atoms with E-state index >= 15 is 0 Å². The molecule has 0 aliphatic carbocycles. The van der Waals surface area contributed by atoms with E-state index in [1.807, 2.05) is 25.1 Å². The van der Waals surface area contributed by atoms with Gasteiger partial charge in [-0.1, -0.05) is 12.1 Å². The van der Waals surface area contributed by atoms with E-state index in [0.29, 0.717) is 22.9 Å². The molecule has 2 N–H and O–H groups in total. The van der Waals surface area contributed by atoms with Crippen molar-refractivity contribution in [3.63, 3.8) is 0 Å². The van der Waals surface area contributed by atoms with E-state index in [1.165, 1.54) is 31.4 Å². The molecule has 0 aliphatic rings. The number of benzene rings is 3. The summed E-state index contributed by atoms with van der Waals surface area (Å²) in [5.41, 5.74) is 1.92. The maximum atomic E-state index is 12.6. The number of nitrogens with one attached hydrogen (secondary N) is 2. The molecule has 0 bridgehead atoms. The van der Waals surface area contributed by atoms with Crippen LogP contribution in [-0.2, 0) is 14.8 Å². The molecule has 0 aliphatic heterocycles. The average Bonchev–Trinajstić information content (AvgIpc) is 2.74. The van der Waals surface area contributed by atoms with E-state index in [9.17, 15) is 13.2 Å². The van der Waals surface area contributed by atoms with Gasteiger partial charge < -0.3 is 14.8 Å². The summed E-state index contributed by atoms with van der Waals surface area (Å²) in [5, 5.41) is 2.72. The van der Waals surface area contributed by atoms with Crippen molar-refractivity contribution in [1.29, 1.82) is 0 Å². The Hall–Kier alpha value is -3.52. The van der Waals surface area contributed by atoms with Gasteiger partial charge in [0.2, 0.25) is 0 Å². The van der Waals surface area contributed by atoms with Crippen molar-refractivity contribution in [3.8, 4) is 11.5 Å². The maximum Gasteiger partial charge on any atom is 0.265 e. The first kappa shape index (κ1) is 22.2. The minimum absolute atomic E-state index is 0.0744. The zero-order valence-electron chi connectivity index (χ0n) is 17.5. The fraction of sp³-hybridized carbons (Fsp3) is 0.174. The van der Waals surface area contributed by atoms with E-state index in [-0.39, 0.29) is 10.8 Å². The van der Waals surface area contributed by atoms with Crippen LogP contribution >= 0.6 is 0 Å². The predicted octanol–water partition coefficient (Wildman–Crippen LogP) is 4.21. The van der Waals surface area contributed by atoms with Crippen molar-refractivity contribution in [1.82, 2.24) is 0 Å². The fourth-order valence-electron chi connectivity index (χ4n) is 2.78. The standard InChI is InChI=1S/C23H24N2O5S/c1-16-5-4-6-21(15-16)30-17(2)23(26)24-18-9-13-22(14-10-18)31(27,28)25-19-7-11-20(29-3)12-8-19/h4-15,17,25H,1-3H3,(H,24,26)/t17-/m1/s1. The van der Waals surface area contributed by atoms with Crippen LogP contribution in [0.4, 0.5) is 11.4 Å². The van der Waals surface area contributed by atoms with E-state index in [4.69, 9.17) is 9.47 Å². The van der Waals surface area contributed by atoms with Crippen LogP contribution in [0.25, 0.3) is 0 Å². The smallest absolute Gasteiger partial charge is 0.265 e. The lowest BCUT2D eigenvalue weighted by Crippen LogP contribution is -2.30. The van der Waals surface area contributed by atoms with Crippen molar-refractivity contribution in [2.24, 2.45) is 0 Å². The Morgan fingerprint density at radius 2 is 1.55 bits per heavy atom. The molecule has 3 aromatic rings. The molecule has 162 valence electrons. The summed E-state index contributed by atoms with van der Waals surface area (Å²) in [6, 6.07) is 19.9. The highest BCUT2D eigenvalue weighted by Crippen LogP contribution is 2.21. The molecule has 0 radical (unpaired) electrons. The number of rotatable bonds is 8. The van der Waals surface area contributed by atoms with Gasteiger partial charge in [0.25, 0.3) is 15.9 Å². The number of carbonyl (C=O) groups is 1. The highest BCUT2D eigenvalue weighted by molar-refractivity contribution is 7.92. The molecule has 31 heavy (non-hydrogen) atoms. The van der Waals surface area contributed by atoms with Crippen LogP contribution in [0.2, 0.25) is 0 Å². The van der Waals surface area contributed by atoms with E-state index in [0.717, 1.165) is 5.56 Å². The number of aryl methyl sites for hydroxylation is 1. The fourth-order valence-corrected chi connectivity index (χ4v) is 3.84. The van der Waals surface area contributed by atoms with Crippen molar-refractivity contribution >= 4 is 27.3 Å². The first-order valence-electron chi connectivity index (χ1n) is 9.58. The van der Waals surface area contributed by atoms with E-state index in [2.05, 4.69) is 10.0 Å². The molecule has 0 heterocycles. The Morgan fingerprint density at radius 3 is 2.16 bits per heavy atom. The van der Waals surface area contributed by atoms with Crippen molar-refractivity contribution in [2.75, 3.05) is 17.1 Å². The summed E-state index contributed by atoms with van der Waals surface area (Å²) in [4.78, 5) is 12.5. The van der Waals surface area contributed by atoms with Crippen LogP contribution in [0.1, 0.15) is 12.5 Å². The summed E-state index contributed by atoms with van der Waals surface area (Å²) in [7, 11) is -2.23. The van der Waals surface area contributed by atoms with Crippen LogP contribution in [-0.4, -0.2) is 27.5 Å². The van der Waals surface area contributed by atoms with Crippen molar-refractivity contribution < 1.29 is 22.7 Å². The Labute approximate surface area is 182 Å².